The second-order valence-electron chi connectivity index (χ2n) is 4.15. The Morgan fingerprint density at radius 2 is 2.12 bits per heavy atom. The van der Waals surface area contributed by atoms with Gasteiger partial charge in [-0.1, -0.05) is 29.6 Å². The molecule has 0 unspecified atom stereocenters. The molecule has 1 saturated carbocycles. The number of rotatable bonds is 3. The molecule has 0 bridgehead atoms. The molecule has 3 nitrogen and oxygen atoms in total. The number of oxime groups is 1. The van der Waals surface area contributed by atoms with Gasteiger partial charge in [0.1, 0.15) is 0 Å². The predicted octanol–water partition coefficient (Wildman–Crippen LogP) is 3.47. The molecule has 0 spiro atoms. The fourth-order valence-electron chi connectivity index (χ4n) is 2.00. The van der Waals surface area contributed by atoms with E-state index in [1.807, 2.05) is 23.9 Å². The highest BCUT2D eigenvalue weighted by atomic mass is 35.5. The van der Waals surface area contributed by atoms with Gasteiger partial charge in [-0.15, -0.1) is 11.8 Å². The molecule has 1 aliphatic carbocycles. The first-order valence-corrected chi connectivity index (χ1v) is 6.90. The smallest absolute Gasteiger partial charge is 0.170 e. The van der Waals surface area contributed by atoms with Crippen molar-refractivity contribution in [1.29, 1.82) is 0 Å². The summed E-state index contributed by atoms with van der Waals surface area (Å²) in [5, 5.41) is 12.9. The van der Waals surface area contributed by atoms with Crippen LogP contribution in [0, 0.1) is 0 Å². The van der Waals surface area contributed by atoms with Crippen LogP contribution in [0.4, 0.5) is 0 Å². The molecule has 3 N–H and O–H groups in total. The zero-order valence-electron chi connectivity index (χ0n) is 9.40. The average Bonchev–Trinajstić information content (AvgIpc) is 2.83. The van der Waals surface area contributed by atoms with Crippen LogP contribution in [-0.4, -0.2) is 16.3 Å². The van der Waals surface area contributed by atoms with Crippen molar-refractivity contribution in [2.75, 3.05) is 0 Å². The molecular formula is C12H15ClN2OS. The number of halogens is 1. The molecule has 0 aromatic heterocycles. The van der Waals surface area contributed by atoms with E-state index in [4.69, 9.17) is 22.5 Å². The highest BCUT2D eigenvalue weighted by molar-refractivity contribution is 8.00. The first-order valence-electron chi connectivity index (χ1n) is 5.65. The Kier molecular flexibility index (Phi) is 4.18. The molecule has 0 saturated heterocycles. The third-order valence-electron chi connectivity index (χ3n) is 2.93. The van der Waals surface area contributed by atoms with Crippen LogP contribution >= 0.6 is 23.4 Å². The summed E-state index contributed by atoms with van der Waals surface area (Å²) in [7, 11) is 0. The lowest BCUT2D eigenvalue weighted by atomic mass is 10.2. The standard InChI is InChI=1S/C12H15ClN2OS/c13-10-7-8(12(14)15-16)5-6-11(10)17-9-3-1-2-4-9/h5-7,9,16H,1-4H2,(H2,14,15). The first kappa shape index (κ1) is 12.6. The van der Waals surface area contributed by atoms with Crippen molar-refractivity contribution < 1.29 is 5.21 Å². The van der Waals surface area contributed by atoms with E-state index >= 15 is 0 Å². The number of benzene rings is 1. The zero-order chi connectivity index (χ0) is 12.3. The van der Waals surface area contributed by atoms with Gasteiger partial charge >= 0.3 is 0 Å². The maximum absolute atomic E-state index is 8.59. The van der Waals surface area contributed by atoms with Crippen LogP contribution in [0.15, 0.2) is 28.3 Å². The molecular weight excluding hydrogens is 256 g/mol. The second kappa shape index (κ2) is 5.65. The molecule has 1 aromatic rings. The van der Waals surface area contributed by atoms with Gasteiger partial charge in [-0.25, -0.2) is 0 Å². The molecule has 2 rings (SSSR count). The highest BCUT2D eigenvalue weighted by Gasteiger charge is 2.17. The summed E-state index contributed by atoms with van der Waals surface area (Å²) in [5.74, 6) is 0.0873. The van der Waals surface area contributed by atoms with Crippen LogP contribution in [0.3, 0.4) is 0 Å². The lowest BCUT2D eigenvalue weighted by molar-refractivity contribution is 0.318. The van der Waals surface area contributed by atoms with Gasteiger partial charge in [0.25, 0.3) is 0 Å². The molecule has 0 aliphatic heterocycles. The maximum Gasteiger partial charge on any atom is 0.170 e. The Hall–Kier alpha value is -0.870. The Morgan fingerprint density at radius 1 is 1.41 bits per heavy atom. The summed E-state index contributed by atoms with van der Waals surface area (Å²) in [6, 6.07) is 5.52. The summed E-state index contributed by atoms with van der Waals surface area (Å²) in [5.41, 5.74) is 6.16. The molecule has 0 amide bonds. The quantitative estimate of drug-likeness (QED) is 0.383. The van der Waals surface area contributed by atoms with Gasteiger partial charge in [0.05, 0.1) is 5.02 Å². The molecule has 1 fully saturated rings. The summed E-state index contributed by atoms with van der Waals surface area (Å²) in [6.45, 7) is 0. The molecule has 0 atom stereocenters. The van der Waals surface area contributed by atoms with Crippen LogP contribution in [-0.2, 0) is 0 Å². The number of nitrogens with two attached hydrogens (primary N) is 1. The fourth-order valence-corrected chi connectivity index (χ4v) is 3.56. The van der Waals surface area contributed by atoms with E-state index < -0.39 is 0 Å². The van der Waals surface area contributed by atoms with Gasteiger partial charge in [-0.05, 0) is 31.0 Å². The summed E-state index contributed by atoms with van der Waals surface area (Å²) < 4.78 is 0. The second-order valence-corrected chi connectivity index (χ2v) is 5.90. The predicted molar refractivity (Wildman–Crippen MR) is 72.1 cm³/mol. The fraction of sp³-hybridized carbons (Fsp3) is 0.417. The maximum atomic E-state index is 8.59. The van der Waals surface area contributed by atoms with Crippen LogP contribution in [0.25, 0.3) is 0 Å². The number of hydrogen-bond acceptors (Lipinski definition) is 3. The van der Waals surface area contributed by atoms with Gasteiger partial charge in [0, 0.05) is 15.7 Å². The van der Waals surface area contributed by atoms with Gasteiger partial charge in [-0.3, -0.25) is 0 Å². The molecule has 0 radical (unpaired) electrons. The van der Waals surface area contributed by atoms with E-state index in [1.165, 1.54) is 25.7 Å². The Balaban J connectivity index is 2.13. The average molecular weight is 271 g/mol. The van der Waals surface area contributed by atoms with E-state index in [0.717, 1.165) is 4.90 Å². The van der Waals surface area contributed by atoms with Crippen molar-refractivity contribution in [2.24, 2.45) is 10.9 Å². The monoisotopic (exact) mass is 270 g/mol. The minimum Gasteiger partial charge on any atom is -0.409 e. The van der Waals surface area contributed by atoms with E-state index in [1.54, 1.807) is 6.07 Å². The largest absolute Gasteiger partial charge is 0.409 e. The van der Waals surface area contributed by atoms with Gasteiger partial charge in [0.2, 0.25) is 0 Å². The van der Waals surface area contributed by atoms with E-state index in [-0.39, 0.29) is 5.84 Å². The topological polar surface area (TPSA) is 58.6 Å². The van der Waals surface area contributed by atoms with Crippen LogP contribution in [0.5, 0.6) is 0 Å². The number of thioether (sulfide) groups is 1. The van der Waals surface area contributed by atoms with Crippen LogP contribution < -0.4 is 5.73 Å². The van der Waals surface area contributed by atoms with Crippen molar-refractivity contribution in [3.63, 3.8) is 0 Å². The first-order chi connectivity index (χ1) is 8.20. The molecule has 17 heavy (non-hydrogen) atoms. The summed E-state index contributed by atoms with van der Waals surface area (Å²) >= 11 is 8.03. The Labute approximate surface area is 110 Å². The van der Waals surface area contributed by atoms with Crippen molar-refractivity contribution >= 4 is 29.2 Å². The lowest BCUT2D eigenvalue weighted by Crippen LogP contribution is -2.12. The van der Waals surface area contributed by atoms with Gasteiger partial charge in [-0.2, -0.15) is 0 Å². The van der Waals surface area contributed by atoms with Crippen molar-refractivity contribution in [3.05, 3.63) is 28.8 Å². The van der Waals surface area contributed by atoms with Crippen LogP contribution in [0.2, 0.25) is 5.02 Å². The Morgan fingerprint density at radius 3 is 2.71 bits per heavy atom. The van der Waals surface area contributed by atoms with Crippen LogP contribution in [0.1, 0.15) is 31.2 Å². The number of nitrogens with zero attached hydrogens (tertiary/aromatic N) is 1. The third-order valence-corrected chi connectivity index (χ3v) is 4.77. The number of hydrogen-bond donors (Lipinski definition) is 2. The molecule has 92 valence electrons. The normalized spacial score (nSPS) is 17.6. The molecule has 5 heteroatoms. The van der Waals surface area contributed by atoms with Gasteiger partial charge < -0.3 is 10.9 Å². The molecule has 1 aliphatic rings. The highest BCUT2D eigenvalue weighted by Crippen LogP contribution is 2.38. The molecule has 1 aromatic carbocycles. The van der Waals surface area contributed by atoms with E-state index in [0.29, 0.717) is 15.8 Å². The van der Waals surface area contributed by atoms with Crippen molar-refractivity contribution in [3.8, 4) is 0 Å². The van der Waals surface area contributed by atoms with Crippen molar-refractivity contribution in [1.82, 2.24) is 0 Å². The van der Waals surface area contributed by atoms with Crippen molar-refractivity contribution in [2.45, 2.75) is 35.8 Å². The third kappa shape index (κ3) is 3.07. The lowest BCUT2D eigenvalue weighted by Gasteiger charge is -2.11. The SMILES string of the molecule is NC(=NO)c1ccc(SC2CCCC2)c(Cl)c1. The van der Waals surface area contributed by atoms with E-state index in [2.05, 4.69) is 5.16 Å². The number of amidine groups is 1. The van der Waals surface area contributed by atoms with E-state index in [9.17, 15) is 0 Å². The summed E-state index contributed by atoms with van der Waals surface area (Å²) in [6.07, 6.45) is 5.17. The molecule has 0 heterocycles. The summed E-state index contributed by atoms with van der Waals surface area (Å²) in [4.78, 5) is 1.08. The minimum atomic E-state index is 0.0873. The Bertz CT molecular complexity index is 431. The minimum absolute atomic E-state index is 0.0873. The zero-order valence-corrected chi connectivity index (χ0v) is 11.0. The van der Waals surface area contributed by atoms with Gasteiger partial charge in [0.15, 0.2) is 5.84 Å².